The Kier molecular flexibility index (Phi) is 7.41. The van der Waals surface area contributed by atoms with Gasteiger partial charge in [-0.25, -0.2) is 4.39 Å². The quantitative estimate of drug-likeness (QED) is 0.790. The van der Waals surface area contributed by atoms with Gasteiger partial charge in [0, 0.05) is 38.0 Å². The summed E-state index contributed by atoms with van der Waals surface area (Å²) in [5.41, 5.74) is 6.42. The van der Waals surface area contributed by atoms with Crippen LogP contribution in [0.4, 0.5) is 4.39 Å². The summed E-state index contributed by atoms with van der Waals surface area (Å²) >= 11 is 0. The zero-order chi connectivity index (χ0) is 17.8. The predicted octanol–water partition coefficient (Wildman–Crippen LogP) is 2.20. The second kappa shape index (κ2) is 9.33. The normalized spacial score (nSPS) is 24.5. The van der Waals surface area contributed by atoms with Crippen LogP contribution in [0.25, 0.3) is 0 Å². The monoisotopic (exact) mass is 383 g/mol. The minimum atomic E-state index is -0.253. The molecule has 7 heteroatoms. The van der Waals surface area contributed by atoms with E-state index in [4.69, 9.17) is 5.73 Å². The molecular weight excluding hydrogens is 357 g/mol. The van der Waals surface area contributed by atoms with Crippen LogP contribution in [-0.4, -0.2) is 42.4 Å². The lowest BCUT2D eigenvalue weighted by molar-refractivity contribution is -0.137. The summed E-state index contributed by atoms with van der Waals surface area (Å²) < 4.78 is 13.1. The molecule has 2 amide bonds. The zero-order valence-electron chi connectivity index (χ0n) is 14.8. The van der Waals surface area contributed by atoms with Crippen LogP contribution in [0.2, 0.25) is 0 Å². The topological polar surface area (TPSA) is 75.4 Å². The molecule has 1 heterocycles. The van der Waals surface area contributed by atoms with E-state index >= 15 is 0 Å². The van der Waals surface area contributed by atoms with E-state index in [9.17, 15) is 14.0 Å². The number of amides is 2. The number of halogens is 2. The fourth-order valence-corrected chi connectivity index (χ4v) is 3.71. The molecule has 0 spiro atoms. The highest BCUT2D eigenvalue weighted by molar-refractivity contribution is 5.85. The maximum Gasteiger partial charge on any atom is 0.226 e. The van der Waals surface area contributed by atoms with Gasteiger partial charge < -0.3 is 16.0 Å². The largest absolute Gasteiger partial charge is 0.354 e. The van der Waals surface area contributed by atoms with Crippen molar-refractivity contribution < 1.29 is 14.0 Å². The maximum absolute atomic E-state index is 13.1. The smallest absolute Gasteiger partial charge is 0.226 e. The van der Waals surface area contributed by atoms with Crippen molar-refractivity contribution >= 4 is 24.2 Å². The molecular formula is C19H27ClFN3O2. The molecule has 3 unspecified atom stereocenters. The highest BCUT2D eigenvalue weighted by atomic mass is 35.5. The lowest BCUT2D eigenvalue weighted by Gasteiger charge is -2.36. The van der Waals surface area contributed by atoms with Gasteiger partial charge in [-0.15, -0.1) is 12.4 Å². The zero-order valence-corrected chi connectivity index (χ0v) is 15.6. The number of rotatable bonds is 6. The molecule has 0 bridgehead atoms. The summed E-state index contributed by atoms with van der Waals surface area (Å²) in [6.07, 6.45) is 4.14. The summed E-state index contributed by atoms with van der Waals surface area (Å²) in [4.78, 5) is 26.5. The van der Waals surface area contributed by atoms with Gasteiger partial charge in [0.25, 0.3) is 0 Å². The number of hydrogen-bond donors (Lipinski definition) is 2. The molecule has 1 saturated carbocycles. The third kappa shape index (κ3) is 4.95. The molecule has 1 aliphatic carbocycles. The Morgan fingerprint density at radius 1 is 1.23 bits per heavy atom. The Hall–Kier alpha value is -1.66. The first-order chi connectivity index (χ1) is 12.1. The van der Waals surface area contributed by atoms with Gasteiger partial charge in [-0.1, -0.05) is 12.1 Å². The van der Waals surface area contributed by atoms with Crippen molar-refractivity contribution in [1.82, 2.24) is 10.2 Å². The molecule has 144 valence electrons. The lowest BCUT2D eigenvalue weighted by Crippen LogP contribution is -2.50. The van der Waals surface area contributed by atoms with Gasteiger partial charge in [-0.05, 0) is 49.3 Å². The highest BCUT2D eigenvalue weighted by Crippen LogP contribution is 2.49. The Balaban J connectivity index is 0.00000243. The van der Waals surface area contributed by atoms with E-state index in [1.165, 1.54) is 12.1 Å². The van der Waals surface area contributed by atoms with Crippen LogP contribution in [0.1, 0.15) is 43.6 Å². The second-order valence-electron chi connectivity index (χ2n) is 7.02. The molecule has 1 saturated heterocycles. The van der Waals surface area contributed by atoms with Gasteiger partial charge in [0.1, 0.15) is 5.82 Å². The summed E-state index contributed by atoms with van der Waals surface area (Å²) in [5, 5.41) is 2.89. The fourth-order valence-electron chi connectivity index (χ4n) is 3.71. The first-order valence-electron chi connectivity index (χ1n) is 9.13. The van der Waals surface area contributed by atoms with Crippen LogP contribution in [0.15, 0.2) is 24.3 Å². The van der Waals surface area contributed by atoms with Crippen molar-refractivity contribution in [3.05, 3.63) is 35.6 Å². The molecule has 5 nitrogen and oxygen atoms in total. The molecule has 1 aromatic rings. The van der Waals surface area contributed by atoms with Gasteiger partial charge in [-0.2, -0.15) is 0 Å². The lowest BCUT2D eigenvalue weighted by atomic mass is 10.0. The van der Waals surface area contributed by atoms with Gasteiger partial charge in [0.2, 0.25) is 11.8 Å². The van der Waals surface area contributed by atoms with Crippen molar-refractivity contribution in [2.75, 3.05) is 19.6 Å². The minimum absolute atomic E-state index is 0. The van der Waals surface area contributed by atoms with Gasteiger partial charge in [0.05, 0.1) is 0 Å². The van der Waals surface area contributed by atoms with Crippen LogP contribution in [0.5, 0.6) is 0 Å². The van der Waals surface area contributed by atoms with Crippen LogP contribution in [-0.2, 0) is 9.59 Å². The second-order valence-corrected chi connectivity index (χ2v) is 7.02. The summed E-state index contributed by atoms with van der Waals surface area (Å²) in [6.45, 7) is 1.59. The third-order valence-corrected chi connectivity index (χ3v) is 5.22. The summed E-state index contributed by atoms with van der Waals surface area (Å²) in [7, 11) is 0. The molecule has 1 aromatic carbocycles. The number of carbonyl (C=O) groups excluding carboxylic acids is 2. The first-order valence-corrected chi connectivity index (χ1v) is 9.13. The Bertz CT molecular complexity index is 626. The van der Waals surface area contributed by atoms with Crippen LogP contribution >= 0.6 is 12.4 Å². The molecule has 3 atom stereocenters. The average Bonchev–Trinajstić information content (AvgIpc) is 3.41. The number of hydrogen-bond acceptors (Lipinski definition) is 3. The van der Waals surface area contributed by atoms with Crippen LogP contribution in [0.3, 0.4) is 0 Å². The average molecular weight is 384 g/mol. The van der Waals surface area contributed by atoms with E-state index in [0.29, 0.717) is 19.5 Å². The van der Waals surface area contributed by atoms with Crippen molar-refractivity contribution in [3.8, 4) is 0 Å². The van der Waals surface area contributed by atoms with Crippen molar-refractivity contribution in [2.24, 2.45) is 11.7 Å². The predicted molar refractivity (Wildman–Crippen MR) is 101 cm³/mol. The van der Waals surface area contributed by atoms with Gasteiger partial charge >= 0.3 is 0 Å². The van der Waals surface area contributed by atoms with Crippen LogP contribution < -0.4 is 11.1 Å². The number of carbonyl (C=O) groups is 2. The molecule has 26 heavy (non-hydrogen) atoms. The SMILES string of the molecule is Cl.NCCC(=O)NCC1CCCCN1C(=O)C1CC1c1ccc(F)cc1. The third-order valence-electron chi connectivity index (χ3n) is 5.22. The summed E-state index contributed by atoms with van der Waals surface area (Å²) in [6, 6.07) is 6.51. The maximum atomic E-state index is 13.1. The van der Waals surface area contributed by atoms with E-state index in [0.717, 1.165) is 37.8 Å². The van der Waals surface area contributed by atoms with Crippen molar-refractivity contribution in [3.63, 3.8) is 0 Å². The molecule has 3 N–H and O–H groups in total. The van der Waals surface area contributed by atoms with E-state index in [1.807, 2.05) is 4.90 Å². The Labute approximate surface area is 159 Å². The molecule has 2 fully saturated rings. The number of nitrogens with two attached hydrogens (primary N) is 1. The molecule has 3 rings (SSSR count). The van der Waals surface area contributed by atoms with E-state index in [-0.39, 0.29) is 47.9 Å². The molecule has 2 aliphatic rings. The Morgan fingerprint density at radius 3 is 2.65 bits per heavy atom. The standard InChI is InChI=1S/C19H26FN3O2.ClH/c20-14-6-4-13(5-7-14)16-11-17(16)19(25)23-10-2-1-3-15(23)12-22-18(24)8-9-21;/h4-7,15-17H,1-3,8-12,21H2,(H,22,24);1H. The molecule has 0 radical (unpaired) electrons. The van der Waals surface area contributed by atoms with Gasteiger partial charge in [0.15, 0.2) is 0 Å². The Morgan fingerprint density at radius 2 is 1.96 bits per heavy atom. The van der Waals surface area contributed by atoms with Crippen LogP contribution in [0, 0.1) is 11.7 Å². The molecule has 0 aromatic heterocycles. The van der Waals surface area contributed by atoms with E-state index in [2.05, 4.69) is 5.32 Å². The van der Waals surface area contributed by atoms with Crippen molar-refractivity contribution in [2.45, 2.75) is 44.1 Å². The van der Waals surface area contributed by atoms with Gasteiger partial charge in [-0.3, -0.25) is 9.59 Å². The van der Waals surface area contributed by atoms with E-state index < -0.39 is 0 Å². The molecule has 1 aliphatic heterocycles. The number of nitrogens with one attached hydrogen (secondary N) is 1. The summed E-state index contributed by atoms with van der Waals surface area (Å²) in [5.74, 6) is 0.0492. The highest BCUT2D eigenvalue weighted by Gasteiger charge is 2.47. The first kappa shape index (κ1) is 20.6. The minimum Gasteiger partial charge on any atom is -0.354 e. The fraction of sp³-hybridized carbons (Fsp3) is 0.579. The van der Waals surface area contributed by atoms with E-state index in [1.54, 1.807) is 12.1 Å². The van der Waals surface area contributed by atoms with Crippen molar-refractivity contribution in [1.29, 1.82) is 0 Å². The number of likely N-dealkylation sites (tertiary alicyclic amines) is 1. The number of nitrogens with zero attached hydrogens (tertiary/aromatic N) is 1. The number of benzene rings is 1. The number of piperidine rings is 1.